The van der Waals surface area contributed by atoms with E-state index in [-0.39, 0.29) is 0 Å². The molecule has 0 aliphatic carbocycles. The first-order valence-corrected chi connectivity index (χ1v) is 10.1. The predicted octanol–water partition coefficient (Wildman–Crippen LogP) is 0.0364. The molecule has 4 heteroatoms. The van der Waals surface area contributed by atoms with Gasteiger partial charge >= 0.3 is 78.8 Å². The van der Waals surface area contributed by atoms with E-state index in [9.17, 15) is 14.4 Å². The van der Waals surface area contributed by atoms with Gasteiger partial charge in [0.25, 0.3) is 0 Å². The van der Waals surface area contributed by atoms with Gasteiger partial charge in [0, 0.05) is 0 Å². The summed E-state index contributed by atoms with van der Waals surface area (Å²) in [5.74, 6) is 0. The van der Waals surface area contributed by atoms with Crippen LogP contribution in [0.15, 0.2) is 30.3 Å². The first-order chi connectivity index (χ1) is 6.29. The third kappa shape index (κ3) is 1.81. The molecule has 0 amide bonds. The van der Waals surface area contributed by atoms with Gasteiger partial charge in [0.1, 0.15) is 0 Å². The van der Waals surface area contributed by atoms with Gasteiger partial charge in [-0.3, -0.25) is 0 Å². The van der Waals surface area contributed by atoms with Crippen molar-refractivity contribution >= 4 is 18.0 Å². The summed E-state index contributed by atoms with van der Waals surface area (Å²) in [6.45, 7) is 0. The molecule has 0 heterocycles. The number of benzene rings is 1. The van der Waals surface area contributed by atoms with Crippen molar-refractivity contribution in [2.75, 3.05) is 0 Å². The molecule has 0 bridgehead atoms. The molecule has 1 aromatic rings. The molecule has 0 radical (unpaired) electrons. The van der Waals surface area contributed by atoms with E-state index >= 15 is 0 Å². The summed E-state index contributed by atoms with van der Waals surface area (Å²) in [5, 5.41) is 0. The Morgan fingerprint density at radius 3 is 1.69 bits per heavy atom. The van der Waals surface area contributed by atoms with Crippen LogP contribution in [0.2, 0.25) is 0 Å². The zero-order valence-electron chi connectivity index (χ0n) is 6.75. The molecule has 13 heavy (non-hydrogen) atoms. The standard InChI is InChI=1S/C6H5.3CHO.W/c1-2-4-6-5-3-1;3*1-2;/h1-5H;3*1H;. The van der Waals surface area contributed by atoms with Gasteiger partial charge in [0.15, 0.2) is 0 Å². The summed E-state index contributed by atoms with van der Waals surface area (Å²) < 4.78 is 2.28. The molecule has 0 saturated heterocycles. The van der Waals surface area contributed by atoms with Gasteiger partial charge in [-0.15, -0.1) is 0 Å². The summed E-state index contributed by atoms with van der Waals surface area (Å²) in [5.41, 5.74) is 0. The van der Waals surface area contributed by atoms with E-state index in [1.165, 1.54) is 0 Å². The number of rotatable bonds is 4. The fourth-order valence-corrected chi connectivity index (χ4v) is 4.84. The second kappa shape index (κ2) is 4.24. The second-order valence-corrected chi connectivity index (χ2v) is 11.6. The number of carbonyl (C=O) groups is 3. The van der Waals surface area contributed by atoms with Crippen LogP contribution in [-0.4, -0.2) is 14.0 Å². The first-order valence-electron chi connectivity index (χ1n) is 3.53. The molecule has 3 nitrogen and oxygen atoms in total. The Labute approximate surface area is 79.0 Å². The molecule has 0 aliphatic rings. The third-order valence-corrected chi connectivity index (χ3v) is 8.97. The van der Waals surface area contributed by atoms with Crippen molar-refractivity contribution in [3.8, 4) is 0 Å². The van der Waals surface area contributed by atoms with E-state index in [1.54, 1.807) is 30.3 Å². The van der Waals surface area contributed by atoms with Crippen LogP contribution >= 0.6 is 0 Å². The minimum absolute atomic E-state index is 0.558. The summed E-state index contributed by atoms with van der Waals surface area (Å²) in [4.78, 5) is 32.2. The zero-order chi connectivity index (χ0) is 9.73. The zero-order valence-corrected chi connectivity index (χ0v) is 9.69. The normalized spacial score (nSPS) is 11.7. The molecule has 0 fully saturated rings. The summed E-state index contributed by atoms with van der Waals surface area (Å²) in [7, 11) is 0. The van der Waals surface area contributed by atoms with Crippen molar-refractivity contribution in [2.45, 2.75) is 0 Å². The van der Waals surface area contributed by atoms with Crippen LogP contribution in [0.25, 0.3) is 0 Å². The van der Waals surface area contributed by atoms with Crippen molar-refractivity contribution in [2.24, 2.45) is 0 Å². The van der Waals surface area contributed by atoms with E-state index in [4.69, 9.17) is 0 Å². The molecular weight excluding hydrogens is 340 g/mol. The molecule has 0 spiro atoms. The van der Waals surface area contributed by atoms with Crippen LogP contribution in [0.1, 0.15) is 0 Å². The van der Waals surface area contributed by atoms with Crippen molar-refractivity contribution < 1.29 is 30.4 Å². The van der Waals surface area contributed by atoms with E-state index in [2.05, 4.69) is 0 Å². The number of hydrogen-bond acceptors (Lipinski definition) is 3. The maximum atomic E-state index is 10.7. The SMILES string of the molecule is O=[CH][W]([CH]=O)([CH]=O)[c]1ccccc1. The molecule has 0 aliphatic heterocycles. The van der Waals surface area contributed by atoms with E-state index < -0.39 is 16.1 Å². The molecule has 0 aromatic heterocycles. The van der Waals surface area contributed by atoms with Crippen molar-refractivity contribution in [3.05, 3.63) is 30.3 Å². The third-order valence-electron chi connectivity index (χ3n) is 1.63. The minimum atomic E-state index is -3.89. The van der Waals surface area contributed by atoms with Crippen LogP contribution in [0, 0.1) is 0 Å². The first kappa shape index (κ1) is 10.0. The van der Waals surface area contributed by atoms with Gasteiger partial charge in [0.05, 0.1) is 0 Å². The van der Waals surface area contributed by atoms with E-state index in [1.807, 2.05) is 0 Å². The van der Waals surface area contributed by atoms with E-state index in [0.717, 1.165) is 0 Å². The Morgan fingerprint density at radius 2 is 1.31 bits per heavy atom. The monoisotopic (exact) mass is 348 g/mol. The van der Waals surface area contributed by atoms with Crippen LogP contribution in [-0.2, 0) is 30.4 Å². The van der Waals surface area contributed by atoms with Crippen molar-refractivity contribution in [1.29, 1.82) is 0 Å². The van der Waals surface area contributed by atoms with Gasteiger partial charge in [-0.2, -0.15) is 0 Å². The average Bonchev–Trinajstić information content (AvgIpc) is 2.23. The average molecular weight is 348 g/mol. The summed E-state index contributed by atoms with van der Waals surface area (Å²) in [6, 6.07) is 8.54. The van der Waals surface area contributed by atoms with Gasteiger partial charge < -0.3 is 0 Å². The predicted molar refractivity (Wildman–Crippen MR) is 46.3 cm³/mol. The Balaban J connectivity index is 3.23. The van der Waals surface area contributed by atoms with Gasteiger partial charge in [-0.1, -0.05) is 0 Å². The van der Waals surface area contributed by atoms with Crippen molar-refractivity contribution in [3.63, 3.8) is 0 Å². The van der Waals surface area contributed by atoms with E-state index in [0.29, 0.717) is 18.0 Å². The topological polar surface area (TPSA) is 51.2 Å². The van der Waals surface area contributed by atoms with Crippen LogP contribution in [0.4, 0.5) is 0 Å². The van der Waals surface area contributed by atoms with Gasteiger partial charge in [-0.05, 0) is 0 Å². The van der Waals surface area contributed by atoms with Gasteiger partial charge in [-0.25, -0.2) is 0 Å². The Hall–Kier alpha value is -1.08. The van der Waals surface area contributed by atoms with Crippen molar-refractivity contribution in [1.82, 2.24) is 0 Å². The number of carbonyl (C=O) groups excluding carboxylic acids is 3. The molecule has 68 valence electrons. The Kier molecular flexibility index (Phi) is 3.26. The summed E-state index contributed by atoms with van der Waals surface area (Å²) in [6.07, 6.45) is 0. The quantitative estimate of drug-likeness (QED) is 0.722. The molecule has 1 aromatic carbocycles. The Bertz CT molecular complexity index is 299. The maximum absolute atomic E-state index is 10.7. The molecule has 0 unspecified atom stereocenters. The van der Waals surface area contributed by atoms with Crippen LogP contribution < -0.4 is 3.95 Å². The molecule has 0 saturated carbocycles. The summed E-state index contributed by atoms with van der Waals surface area (Å²) >= 11 is -3.89. The van der Waals surface area contributed by atoms with Crippen LogP contribution in [0.5, 0.6) is 0 Å². The number of hydrogen-bond donors (Lipinski definition) is 0. The van der Waals surface area contributed by atoms with Crippen LogP contribution in [0.3, 0.4) is 0 Å². The molecular formula is C9H8O3W. The molecule has 1 rings (SSSR count). The molecule has 0 N–H and O–H groups in total. The Morgan fingerprint density at radius 1 is 0.846 bits per heavy atom. The molecule has 0 atom stereocenters. The fourth-order valence-electron chi connectivity index (χ4n) is 0.891. The second-order valence-electron chi connectivity index (χ2n) is 2.36. The fraction of sp³-hybridized carbons (Fsp3) is 0. The van der Waals surface area contributed by atoms with Gasteiger partial charge in [0.2, 0.25) is 0 Å².